The molecule has 0 aliphatic carbocycles. The number of likely N-dealkylation sites (N-methyl/N-ethyl adjacent to an activating group) is 1. The van der Waals surface area contributed by atoms with Gasteiger partial charge < -0.3 is 19.1 Å². The van der Waals surface area contributed by atoms with E-state index in [0.717, 1.165) is 11.8 Å². The zero-order chi connectivity index (χ0) is 17.7. The van der Waals surface area contributed by atoms with E-state index < -0.39 is 22.5 Å². The van der Waals surface area contributed by atoms with Crippen molar-refractivity contribution in [1.82, 2.24) is 4.90 Å². The smallest absolute Gasteiger partial charge is 0.264 e. The van der Waals surface area contributed by atoms with Crippen LogP contribution in [-0.2, 0) is 35.1 Å². The highest BCUT2D eigenvalue weighted by molar-refractivity contribution is 7.86. The summed E-state index contributed by atoms with van der Waals surface area (Å²) in [5, 5.41) is 0. The lowest BCUT2D eigenvalue weighted by molar-refractivity contribution is -0.152. The summed E-state index contributed by atoms with van der Waals surface area (Å²) in [6.07, 6.45) is -0.853. The molecule has 7 nitrogen and oxygen atoms in total. The zero-order valence-electron chi connectivity index (χ0n) is 14.4. The van der Waals surface area contributed by atoms with Crippen LogP contribution in [-0.4, -0.2) is 71.9 Å². The third-order valence-electron chi connectivity index (χ3n) is 3.80. The summed E-state index contributed by atoms with van der Waals surface area (Å²) in [4.78, 5) is 1.87. The van der Waals surface area contributed by atoms with E-state index in [4.69, 9.17) is 18.4 Å². The fraction of sp³-hybridized carbons (Fsp3) is 0.625. The average Bonchev–Trinajstić information content (AvgIpc) is 2.84. The van der Waals surface area contributed by atoms with Gasteiger partial charge >= 0.3 is 0 Å². The summed E-state index contributed by atoms with van der Waals surface area (Å²) in [6, 6.07) is 9.50. The predicted octanol–water partition coefficient (Wildman–Crippen LogP) is 0.849. The number of rotatable bonds is 8. The Labute approximate surface area is 143 Å². The molecule has 1 aromatic carbocycles. The van der Waals surface area contributed by atoms with Crippen LogP contribution in [0.2, 0.25) is 0 Å². The molecular weight excluding hydrogens is 334 g/mol. The lowest BCUT2D eigenvalue weighted by Crippen LogP contribution is -2.47. The Bertz CT molecular complexity index is 606. The van der Waals surface area contributed by atoms with Crippen molar-refractivity contribution in [2.24, 2.45) is 0 Å². The first kappa shape index (κ1) is 19.3. The molecule has 1 heterocycles. The number of nitrogens with zero attached hydrogens (tertiary/aromatic N) is 1. The summed E-state index contributed by atoms with van der Waals surface area (Å²) in [5.74, 6) is 0. The van der Waals surface area contributed by atoms with Crippen molar-refractivity contribution in [2.45, 2.75) is 31.1 Å². The largest absolute Gasteiger partial charge is 0.374 e. The van der Waals surface area contributed by atoms with Crippen LogP contribution in [0.15, 0.2) is 30.3 Å². The van der Waals surface area contributed by atoms with Gasteiger partial charge in [0.1, 0.15) is 12.2 Å². The predicted molar refractivity (Wildman–Crippen MR) is 89.0 cm³/mol. The molecule has 0 N–H and O–H groups in total. The standard InChI is InChI=1S/C16H25NO6S/c1-17(2)14-13(11-21-10-12-8-6-5-7-9-12)22-16(20-3)15(14)23-24(4,18)19/h5-9,13-16H,10-11H2,1-4H3/t13-,14-,15+,16+/m1/s1. The normalized spacial score (nSPS) is 27.7. The maximum absolute atomic E-state index is 11.5. The van der Waals surface area contributed by atoms with E-state index >= 15 is 0 Å². The van der Waals surface area contributed by atoms with Crippen LogP contribution in [0, 0.1) is 0 Å². The number of hydrogen-bond acceptors (Lipinski definition) is 7. The number of ether oxygens (including phenoxy) is 3. The zero-order valence-corrected chi connectivity index (χ0v) is 15.2. The Kier molecular flexibility index (Phi) is 6.73. The van der Waals surface area contributed by atoms with Gasteiger partial charge in [-0.25, -0.2) is 0 Å². The number of hydrogen-bond donors (Lipinski definition) is 0. The topological polar surface area (TPSA) is 74.3 Å². The minimum Gasteiger partial charge on any atom is -0.374 e. The van der Waals surface area contributed by atoms with Gasteiger partial charge in [0.2, 0.25) is 0 Å². The van der Waals surface area contributed by atoms with Gasteiger partial charge in [-0.3, -0.25) is 4.18 Å². The van der Waals surface area contributed by atoms with Crippen LogP contribution in [0.25, 0.3) is 0 Å². The highest BCUT2D eigenvalue weighted by atomic mass is 32.2. The molecule has 2 rings (SSSR count). The number of methoxy groups -OCH3 is 1. The molecule has 0 aromatic heterocycles. The summed E-state index contributed by atoms with van der Waals surface area (Å²) >= 11 is 0. The van der Waals surface area contributed by atoms with Crippen molar-refractivity contribution >= 4 is 10.1 Å². The molecule has 1 fully saturated rings. The van der Waals surface area contributed by atoms with Crippen molar-refractivity contribution < 1.29 is 26.8 Å². The Hall–Kier alpha value is -1.03. The van der Waals surface area contributed by atoms with Crippen molar-refractivity contribution in [3.8, 4) is 0 Å². The quantitative estimate of drug-likeness (QED) is 0.637. The van der Waals surface area contributed by atoms with Gasteiger partial charge in [0, 0.05) is 7.11 Å². The number of benzene rings is 1. The molecule has 24 heavy (non-hydrogen) atoms. The Morgan fingerprint density at radius 1 is 1.21 bits per heavy atom. The van der Waals surface area contributed by atoms with Crippen molar-refractivity contribution in [1.29, 1.82) is 0 Å². The van der Waals surface area contributed by atoms with Gasteiger partial charge in [-0.2, -0.15) is 8.42 Å². The molecule has 0 saturated carbocycles. The maximum Gasteiger partial charge on any atom is 0.264 e. The Balaban J connectivity index is 2.02. The van der Waals surface area contributed by atoms with Gasteiger partial charge in [0.25, 0.3) is 10.1 Å². The van der Waals surface area contributed by atoms with Crippen LogP contribution in [0.4, 0.5) is 0 Å². The summed E-state index contributed by atoms with van der Waals surface area (Å²) < 4.78 is 45.1. The van der Waals surface area contributed by atoms with Crippen LogP contribution < -0.4 is 0 Å². The summed E-state index contributed by atoms with van der Waals surface area (Å²) in [7, 11) is 1.51. The van der Waals surface area contributed by atoms with Crippen LogP contribution in [0.1, 0.15) is 5.56 Å². The van der Waals surface area contributed by atoms with Crippen LogP contribution >= 0.6 is 0 Å². The Morgan fingerprint density at radius 3 is 2.42 bits per heavy atom. The lowest BCUT2D eigenvalue weighted by atomic mass is 10.1. The molecule has 0 radical (unpaired) electrons. The second kappa shape index (κ2) is 8.37. The van der Waals surface area contributed by atoms with Crippen LogP contribution in [0.5, 0.6) is 0 Å². The molecule has 8 heteroatoms. The van der Waals surface area contributed by atoms with Gasteiger partial charge in [-0.15, -0.1) is 0 Å². The molecule has 4 atom stereocenters. The van der Waals surface area contributed by atoms with Crippen molar-refractivity contribution in [2.75, 3.05) is 34.1 Å². The fourth-order valence-electron chi connectivity index (χ4n) is 2.83. The van der Waals surface area contributed by atoms with Gasteiger partial charge in [0.15, 0.2) is 6.29 Å². The lowest BCUT2D eigenvalue weighted by Gasteiger charge is -2.28. The van der Waals surface area contributed by atoms with E-state index in [-0.39, 0.29) is 12.1 Å². The average molecular weight is 359 g/mol. The molecule has 1 aromatic rings. The van der Waals surface area contributed by atoms with E-state index in [1.165, 1.54) is 7.11 Å². The first-order chi connectivity index (χ1) is 11.3. The summed E-state index contributed by atoms with van der Waals surface area (Å²) in [5.41, 5.74) is 1.06. The van der Waals surface area contributed by atoms with E-state index in [1.807, 2.05) is 49.3 Å². The first-order valence-corrected chi connectivity index (χ1v) is 9.48. The molecular formula is C16H25NO6S. The first-order valence-electron chi connectivity index (χ1n) is 7.66. The molecule has 0 unspecified atom stereocenters. The van der Waals surface area contributed by atoms with Gasteiger partial charge in [0.05, 0.1) is 25.5 Å². The van der Waals surface area contributed by atoms with Crippen LogP contribution in [0.3, 0.4) is 0 Å². The SMILES string of the molecule is CO[C@H]1O[C@H](COCc2ccccc2)[C@@H](N(C)C)[C@@H]1OS(C)(=O)=O. The molecule has 1 saturated heterocycles. The molecule has 0 amide bonds. The third kappa shape index (κ3) is 5.23. The monoisotopic (exact) mass is 359 g/mol. The highest BCUT2D eigenvalue weighted by Crippen LogP contribution is 2.29. The minimum atomic E-state index is -3.63. The van der Waals surface area contributed by atoms with Crippen molar-refractivity contribution in [3.63, 3.8) is 0 Å². The minimum absolute atomic E-state index is 0.305. The second-order valence-corrected chi connectivity index (χ2v) is 7.60. The highest BCUT2D eigenvalue weighted by Gasteiger charge is 2.48. The molecule has 1 aliphatic heterocycles. The fourth-order valence-corrected chi connectivity index (χ4v) is 3.44. The third-order valence-corrected chi connectivity index (χ3v) is 4.37. The molecule has 0 bridgehead atoms. The van der Waals surface area contributed by atoms with E-state index in [2.05, 4.69) is 0 Å². The van der Waals surface area contributed by atoms with E-state index in [0.29, 0.717) is 13.2 Å². The van der Waals surface area contributed by atoms with Crippen molar-refractivity contribution in [3.05, 3.63) is 35.9 Å². The van der Waals surface area contributed by atoms with E-state index in [9.17, 15) is 8.42 Å². The molecule has 0 spiro atoms. The van der Waals surface area contributed by atoms with Gasteiger partial charge in [-0.05, 0) is 19.7 Å². The van der Waals surface area contributed by atoms with Gasteiger partial charge in [-0.1, -0.05) is 30.3 Å². The maximum atomic E-state index is 11.5. The Morgan fingerprint density at radius 2 is 1.88 bits per heavy atom. The summed E-state index contributed by atoms with van der Waals surface area (Å²) in [6.45, 7) is 0.761. The van der Waals surface area contributed by atoms with E-state index in [1.54, 1.807) is 0 Å². The molecule has 1 aliphatic rings. The molecule has 136 valence electrons. The second-order valence-electron chi connectivity index (χ2n) is 6.00.